The van der Waals surface area contributed by atoms with Crippen molar-refractivity contribution in [3.05, 3.63) is 0 Å². The van der Waals surface area contributed by atoms with Gasteiger partial charge in [0, 0.05) is 7.11 Å². The van der Waals surface area contributed by atoms with Crippen LogP contribution in [0.4, 0.5) is 0 Å². The molecule has 2 heterocycles. The number of hydrogen-bond donors (Lipinski definition) is 4. The minimum absolute atomic E-state index is 0.147. The Balaban J connectivity index is 2.16. The third-order valence-corrected chi connectivity index (χ3v) is 6.06. The van der Waals surface area contributed by atoms with Crippen LogP contribution >= 0.6 is 11.8 Å². The Morgan fingerprint density at radius 1 is 1.32 bits per heavy atom. The number of hydrogen-bond acceptors (Lipinski definition) is 8. The number of likely N-dealkylation sites (tertiary alicyclic amines) is 1. The Bertz CT molecular complexity index is 454. The second kappa shape index (κ2) is 8.98. The number of thioether (sulfide) groups is 1. The summed E-state index contributed by atoms with van der Waals surface area (Å²) in [5, 5.41) is 33.5. The second-order valence-corrected chi connectivity index (χ2v) is 7.73. The number of aliphatic hydroxyl groups excluding tert-OH is 3. The highest BCUT2D eigenvalue weighted by molar-refractivity contribution is 7.99. The fraction of sp³-hybridized carbons (Fsp3) is 0.938. The molecule has 8 nitrogen and oxygen atoms in total. The van der Waals surface area contributed by atoms with Crippen LogP contribution in [0.25, 0.3) is 0 Å². The van der Waals surface area contributed by atoms with Gasteiger partial charge in [-0.3, -0.25) is 9.69 Å². The Labute approximate surface area is 152 Å². The van der Waals surface area contributed by atoms with Gasteiger partial charge in [0.2, 0.25) is 5.91 Å². The molecule has 0 saturated carbocycles. The first-order valence-electron chi connectivity index (χ1n) is 8.57. The van der Waals surface area contributed by atoms with Gasteiger partial charge in [-0.2, -0.15) is 0 Å². The SMILES string of the molecule is CO[C@H](C)[C@@H](NC(=O)[C@H]1CCCN1C)[C@H]1O[C@@H](SC)[C@H](O)[C@H](O)[C@@H]1O. The number of carbonyl (C=O) groups excluding carboxylic acids is 1. The number of methoxy groups -OCH3 is 1. The van der Waals surface area contributed by atoms with Crippen molar-refractivity contribution in [2.45, 2.75) is 67.8 Å². The van der Waals surface area contributed by atoms with Crippen molar-refractivity contribution < 1.29 is 29.6 Å². The van der Waals surface area contributed by atoms with Crippen LogP contribution in [0, 0.1) is 0 Å². The summed E-state index contributed by atoms with van der Waals surface area (Å²) in [7, 11) is 3.42. The number of aliphatic hydroxyl groups is 3. The van der Waals surface area contributed by atoms with E-state index in [1.807, 2.05) is 11.9 Å². The van der Waals surface area contributed by atoms with Gasteiger partial charge in [0.15, 0.2) is 0 Å². The zero-order valence-corrected chi connectivity index (χ0v) is 16.0. The molecule has 2 aliphatic rings. The molecule has 0 radical (unpaired) electrons. The third kappa shape index (κ3) is 4.47. The van der Waals surface area contributed by atoms with E-state index in [0.717, 1.165) is 19.4 Å². The van der Waals surface area contributed by atoms with Crippen molar-refractivity contribution in [1.82, 2.24) is 10.2 Å². The smallest absolute Gasteiger partial charge is 0.237 e. The molecule has 2 rings (SSSR count). The van der Waals surface area contributed by atoms with Crippen molar-refractivity contribution in [2.24, 2.45) is 0 Å². The lowest BCUT2D eigenvalue weighted by molar-refractivity contribution is -0.212. The van der Waals surface area contributed by atoms with Crippen LogP contribution in [0.1, 0.15) is 19.8 Å². The average Bonchev–Trinajstić information content (AvgIpc) is 3.03. The lowest BCUT2D eigenvalue weighted by atomic mass is 9.92. The first-order chi connectivity index (χ1) is 11.8. The molecule has 4 N–H and O–H groups in total. The minimum Gasteiger partial charge on any atom is -0.388 e. The maximum Gasteiger partial charge on any atom is 0.237 e. The number of likely N-dealkylation sites (N-methyl/N-ethyl adjacent to an activating group) is 1. The van der Waals surface area contributed by atoms with Crippen molar-refractivity contribution in [3.8, 4) is 0 Å². The lowest BCUT2D eigenvalue weighted by Gasteiger charge is -2.44. The minimum atomic E-state index is -1.35. The largest absolute Gasteiger partial charge is 0.388 e. The molecule has 25 heavy (non-hydrogen) atoms. The van der Waals surface area contributed by atoms with Crippen molar-refractivity contribution >= 4 is 17.7 Å². The van der Waals surface area contributed by atoms with E-state index in [2.05, 4.69) is 5.32 Å². The molecule has 0 aromatic carbocycles. The molecule has 2 aliphatic heterocycles. The Hall–Kier alpha value is -0.420. The van der Waals surface area contributed by atoms with Crippen molar-refractivity contribution in [3.63, 3.8) is 0 Å². The van der Waals surface area contributed by atoms with E-state index >= 15 is 0 Å². The normalized spacial score (nSPS) is 39.2. The Morgan fingerprint density at radius 3 is 2.52 bits per heavy atom. The van der Waals surface area contributed by atoms with E-state index in [9.17, 15) is 20.1 Å². The first-order valence-corrected chi connectivity index (χ1v) is 9.86. The van der Waals surface area contributed by atoms with Gasteiger partial charge in [-0.1, -0.05) is 0 Å². The molecular weight excluding hydrogens is 348 g/mol. The second-order valence-electron chi connectivity index (χ2n) is 6.79. The molecule has 8 atom stereocenters. The van der Waals surface area contributed by atoms with E-state index in [1.54, 1.807) is 13.2 Å². The summed E-state index contributed by atoms with van der Waals surface area (Å²) in [6, 6.07) is -0.877. The molecule has 1 amide bonds. The van der Waals surface area contributed by atoms with Crippen LogP contribution in [0.5, 0.6) is 0 Å². The highest BCUT2D eigenvalue weighted by atomic mass is 32.2. The fourth-order valence-electron chi connectivity index (χ4n) is 3.48. The van der Waals surface area contributed by atoms with E-state index < -0.39 is 42.0 Å². The molecule has 0 aromatic heterocycles. The number of amides is 1. The van der Waals surface area contributed by atoms with Crippen molar-refractivity contribution in [1.29, 1.82) is 0 Å². The molecule has 0 bridgehead atoms. The maximum absolute atomic E-state index is 12.7. The monoisotopic (exact) mass is 378 g/mol. The van der Waals surface area contributed by atoms with Gasteiger partial charge in [0.25, 0.3) is 0 Å². The quantitative estimate of drug-likeness (QED) is 0.455. The highest BCUT2D eigenvalue weighted by Crippen LogP contribution is 2.30. The topological polar surface area (TPSA) is 111 Å². The van der Waals surface area contributed by atoms with Crippen LogP contribution in [-0.4, -0.2) is 101 Å². The van der Waals surface area contributed by atoms with E-state index in [-0.39, 0.29) is 11.9 Å². The lowest BCUT2D eigenvalue weighted by Crippen LogP contribution is -2.65. The third-order valence-electron chi connectivity index (χ3n) is 5.20. The summed E-state index contributed by atoms with van der Waals surface area (Å²) in [6.45, 7) is 2.63. The summed E-state index contributed by atoms with van der Waals surface area (Å²) in [4.78, 5) is 14.7. The van der Waals surface area contributed by atoms with Crippen LogP contribution in [0.15, 0.2) is 0 Å². The zero-order chi connectivity index (χ0) is 18.7. The summed E-state index contributed by atoms with van der Waals surface area (Å²) in [5.74, 6) is -0.147. The highest BCUT2D eigenvalue weighted by Gasteiger charge is 2.48. The van der Waals surface area contributed by atoms with Gasteiger partial charge in [-0.25, -0.2) is 0 Å². The molecule has 0 spiro atoms. The summed E-state index contributed by atoms with van der Waals surface area (Å²) < 4.78 is 11.2. The van der Waals surface area contributed by atoms with Gasteiger partial charge in [-0.15, -0.1) is 11.8 Å². The van der Waals surface area contributed by atoms with E-state index in [0.29, 0.717) is 0 Å². The van der Waals surface area contributed by atoms with E-state index in [1.165, 1.54) is 18.9 Å². The molecule has 2 fully saturated rings. The summed E-state index contributed by atoms with van der Waals surface area (Å²) in [6.07, 6.45) is -1.73. The van der Waals surface area contributed by atoms with Gasteiger partial charge < -0.3 is 30.1 Å². The Morgan fingerprint density at radius 2 is 2.00 bits per heavy atom. The predicted molar refractivity (Wildman–Crippen MR) is 94.3 cm³/mol. The van der Waals surface area contributed by atoms with Gasteiger partial charge in [-0.05, 0) is 39.6 Å². The van der Waals surface area contributed by atoms with E-state index in [4.69, 9.17) is 9.47 Å². The average molecular weight is 378 g/mol. The van der Waals surface area contributed by atoms with Crippen LogP contribution in [0.2, 0.25) is 0 Å². The van der Waals surface area contributed by atoms with Gasteiger partial charge in [0.05, 0.1) is 18.2 Å². The summed E-state index contributed by atoms with van der Waals surface area (Å²) in [5.41, 5.74) is -0.694. The standard InChI is InChI=1S/C16H30N2O6S/c1-8(23-3)10(17-15(22)9-6-5-7-18(9)2)14-12(20)11(19)13(21)16(24-14)25-4/h8-14,16,19-21H,5-7H2,1-4H3,(H,17,22)/t8-,9-,10-,11-,12+,13-,14-,16+/m1/s1. The molecule has 0 aromatic rings. The Kier molecular flexibility index (Phi) is 7.51. The molecule has 146 valence electrons. The van der Waals surface area contributed by atoms with Crippen LogP contribution < -0.4 is 5.32 Å². The van der Waals surface area contributed by atoms with Gasteiger partial charge in [0.1, 0.15) is 29.9 Å². The molecule has 0 aliphatic carbocycles. The number of nitrogens with one attached hydrogen (secondary N) is 1. The summed E-state index contributed by atoms with van der Waals surface area (Å²) >= 11 is 1.24. The number of rotatable bonds is 6. The predicted octanol–water partition coefficient (Wildman–Crippen LogP) is -1.23. The van der Waals surface area contributed by atoms with Crippen LogP contribution in [0.3, 0.4) is 0 Å². The van der Waals surface area contributed by atoms with Crippen LogP contribution in [-0.2, 0) is 14.3 Å². The maximum atomic E-state index is 12.7. The molecule has 9 heteroatoms. The fourth-order valence-corrected chi connectivity index (χ4v) is 4.16. The molecule has 0 unspecified atom stereocenters. The first kappa shape index (κ1) is 20.9. The van der Waals surface area contributed by atoms with Crippen molar-refractivity contribution in [2.75, 3.05) is 27.0 Å². The number of nitrogens with zero attached hydrogens (tertiary/aromatic N) is 1. The van der Waals surface area contributed by atoms with Gasteiger partial charge >= 0.3 is 0 Å². The molecule has 2 saturated heterocycles. The molecular formula is C16H30N2O6S. The number of carbonyl (C=O) groups is 1. The zero-order valence-electron chi connectivity index (χ0n) is 15.2. The number of ether oxygens (including phenoxy) is 2.